The summed E-state index contributed by atoms with van der Waals surface area (Å²) in [7, 11) is 4.07. The molecule has 1 unspecified atom stereocenters. The van der Waals surface area contributed by atoms with Crippen LogP contribution in [0, 0.1) is 17.3 Å². The molecule has 0 aromatic heterocycles. The van der Waals surface area contributed by atoms with Gasteiger partial charge in [0, 0.05) is 39.0 Å². The highest BCUT2D eigenvalue weighted by molar-refractivity contribution is 5.89. The first kappa shape index (κ1) is 26.5. The van der Waals surface area contributed by atoms with Crippen LogP contribution in [0.15, 0.2) is 42.5 Å². The summed E-state index contributed by atoms with van der Waals surface area (Å²) < 4.78 is 11.4. The average Bonchev–Trinajstić information content (AvgIpc) is 3.15. The molecule has 6 atom stereocenters. The molecule has 202 valence electrons. The fraction of sp³-hybridized carbons (Fsp3) is 0.531. The van der Waals surface area contributed by atoms with Gasteiger partial charge >= 0.3 is 11.9 Å². The molecule has 0 radical (unpaired) electrons. The van der Waals surface area contributed by atoms with Crippen LogP contribution in [0.1, 0.15) is 81.9 Å². The Kier molecular flexibility index (Phi) is 6.65. The number of rotatable bonds is 5. The lowest BCUT2D eigenvalue weighted by Crippen LogP contribution is -2.57. The van der Waals surface area contributed by atoms with E-state index < -0.39 is 11.0 Å². The van der Waals surface area contributed by atoms with E-state index in [9.17, 15) is 14.4 Å². The maximum atomic E-state index is 13.3. The number of ketones is 1. The van der Waals surface area contributed by atoms with Crippen LogP contribution in [-0.4, -0.2) is 37.4 Å². The van der Waals surface area contributed by atoms with Gasteiger partial charge in [0.2, 0.25) is 0 Å². The summed E-state index contributed by atoms with van der Waals surface area (Å²) in [5.74, 6) is 0.905. The molecule has 6 heteroatoms. The Labute approximate surface area is 225 Å². The molecule has 2 aromatic rings. The van der Waals surface area contributed by atoms with Crippen molar-refractivity contribution in [1.29, 1.82) is 0 Å². The second-order valence-corrected chi connectivity index (χ2v) is 12.0. The van der Waals surface area contributed by atoms with Crippen molar-refractivity contribution in [3.63, 3.8) is 0 Å². The SMILES string of the molecule is CC(=O)Oc1ccc2c(c1)CC[C@@H]1C2[C@@H](c2ccc(N(C)C)cc2)C[C@@]2(C)[C@H]1CC[C@]2(OC(C)=O)C(C)=O. The predicted molar refractivity (Wildman–Crippen MR) is 146 cm³/mol. The third-order valence-corrected chi connectivity index (χ3v) is 9.81. The maximum Gasteiger partial charge on any atom is 0.308 e. The van der Waals surface area contributed by atoms with Gasteiger partial charge in [0.1, 0.15) is 5.75 Å². The van der Waals surface area contributed by atoms with E-state index in [0.29, 0.717) is 18.1 Å². The fourth-order valence-electron chi connectivity index (χ4n) is 8.31. The second kappa shape index (κ2) is 9.55. The quantitative estimate of drug-likeness (QED) is 0.368. The summed E-state index contributed by atoms with van der Waals surface area (Å²) in [4.78, 5) is 39.3. The van der Waals surface area contributed by atoms with Crippen molar-refractivity contribution in [3.05, 3.63) is 59.2 Å². The van der Waals surface area contributed by atoms with Gasteiger partial charge in [-0.25, -0.2) is 0 Å². The second-order valence-electron chi connectivity index (χ2n) is 12.0. The highest BCUT2D eigenvalue weighted by Gasteiger charge is 2.68. The Morgan fingerprint density at radius 3 is 2.26 bits per heavy atom. The van der Waals surface area contributed by atoms with E-state index in [1.807, 2.05) is 26.2 Å². The Hall–Kier alpha value is -3.15. The number of carbonyl (C=O) groups excluding carboxylic acids is 3. The topological polar surface area (TPSA) is 72.9 Å². The normalized spacial score (nSPS) is 31.4. The van der Waals surface area contributed by atoms with E-state index >= 15 is 0 Å². The number of nitrogens with zero attached hydrogens (tertiary/aromatic N) is 1. The third-order valence-electron chi connectivity index (χ3n) is 9.81. The summed E-state index contributed by atoms with van der Waals surface area (Å²) >= 11 is 0. The molecular weight excluding hydrogens is 478 g/mol. The van der Waals surface area contributed by atoms with E-state index in [4.69, 9.17) is 9.47 Å². The van der Waals surface area contributed by atoms with Gasteiger partial charge in [0.25, 0.3) is 0 Å². The molecule has 2 aromatic carbocycles. The largest absolute Gasteiger partial charge is 0.451 e. The number of esters is 2. The molecule has 0 spiro atoms. The van der Waals surface area contributed by atoms with Crippen molar-refractivity contribution < 1.29 is 23.9 Å². The van der Waals surface area contributed by atoms with E-state index in [1.54, 1.807) is 6.92 Å². The summed E-state index contributed by atoms with van der Waals surface area (Å²) in [6.45, 7) is 6.64. The van der Waals surface area contributed by atoms with Crippen LogP contribution in [0.25, 0.3) is 0 Å². The maximum absolute atomic E-state index is 13.3. The number of hydrogen-bond acceptors (Lipinski definition) is 6. The molecule has 38 heavy (non-hydrogen) atoms. The zero-order chi connectivity index (χ0) is 27.4. The van der Waals surface area contributed by atoms with Crippen LogP contribution in [0.2, 0.25) is 0 Å². The van der Waals surface area contributed by atoms with Gasteiger partial charge in [-0.3, -0.25) is 14.4 Å². The first-order valence-corrected chi connectivity index (χ1v) is 13.8. The van der Waals surface area contributed by atoms with Gasteiger partial charge < -0.3 is 14.4 Å². The van der Waals surface area contributed by atoms with Crippen LogP contribution >= 0.6 is 0 Å². The Balaban J connectivity index is 1.64. The number of carbonyl (C=O) groups is 3. The summed E-state index contributed by atoms with van der Waals surface area (Å²) in [6.07, 6.45) is 4.10. The summed E-state index contributed by atoms with van der Waals surface area (Å²) in [5, 5.41) is 0. The number of fused-ring (bicyclic) bond motifs is 5. The van der Waals surface area contributed by atoms with Crippen molar-refractivity contribution in [3.8, 4) is 5.75 Å². The van der Waals surface area contributed by atoms with Crippen molar-refractivity contribution >= 4 is 23.4 Å². The van der Waals surface area contributed by atoms with Crippen LogP contribution in [0.4, 0.5) is 5.69 Å². The third kappa shape index (κ3) is 4.13. The van der Waals surface area contributed by atoms with Crippen LogP contribution in [-0.2, 0) is 25.5 Å². The highest BCUT2D eigenvalue weighted by atomic mass is 16.6. The number of anilines is 1. The number of benzene rings is 2. The molecule has 0 heterocycles. The number of aryl methyl sites for hydroxylation is 1. The molecule has 0 N–H and O–H groups in total. The molecule has 3 aliphatic carbocycles. The van der Waals surface area contributed by atoms with Gasteiger partial charge in [-0.2, -0.15) is 0 Å². The van der Waals surface area contributed by atoms with Gasteiger partial charge in [-0.15, -0.1) is 0 Å². The van der Waals surface area contributed by atoms with Gasteiger partial charge in [0.15, 0.2) is 11.4 Å². The van der Waals surface area contributed by atoms with Crippen molar-refractivity contribution in [2.75, 3.05) is 19.0 Å². The molecule has 3 aliphatic rings. The minimum absolute atomic E-state index is 0.0416. The van der Waals surface area contributed by atoms with E-state index in [2.05, 4.69) is 42.2 Å². The fourth-order valence-corrected chi connectivity index (χ4v) is 8.31. The van der Waals surface area contributed by atoms with Crippen LogP contribution in [0.3, 0.4) is 0 Å². The van der Waals surface area contributed by atoms with Crippen molar-refractivity contribution in [2.24, 2.45) is 17.3 Å². The monoisotopic (exact) mass is 517 g/mol. The summed E-state index contributed by atoms with van der Waals surface area (Å²) in [5.41, 5.74) is 3.39. The van der Waals surface area contributed by atoms with E-state index in [-0.39, 0.29) is 35.5 Å². The first-order valence-electron chi connectivity index (χ1n) is 13.8. The number of ether oxygens (including phenoxy) is 2. The van der Waals surface area contributed by atoms with Gasteiger partial charge in [-0.05, 0) is 104 Å². The lowest BCUT2D eigenvalue weighted by atomic mass is 9.48. The molecule has 0 bridgehead atoms. The number of hydrogen-bond donors (Lipinski definition) is 0. The molecule has 0 amide bonds. The molecule has 0 saturated heterocycles. The zero-order valence-electron chi connectivity index (χ0n) is 23.4. The smallest absolute Gasteiger partial charge is 0.308 e. The lowest BCUT2D eigenvalue weighted by molar-refractivity contribution is -0.184. The predicted octanol–water partition coefficient (Wildman–Crippen LogP) is 5.82. The van der Waals surface area contributed by atoms with Gasteiger partial charge in [-0.1, -0.05) is 25.1 Å². The lowest BCUT2D eigenvalue weighted by Gasteiger charge is -2.56. The minimum Gasteiger partial charge on any atom is -0.451 e. The van der Waals surface area contributed by atoms with Crippen LogP contribution in [0.5, 0.6) is 5.75 Å². The molecule has 2 fully saturated rings. The Morgan fingerprint density at radius 2 is 1.66 bits per heavy atom. The summed E-state index contributed by atoms with van der Waals surface area (Å²) in [6, 6.07) is 14.8. The molecule has 5 rings (SSSR count). The number of Topliss-reactive ketones (excluding diaryl/α,β-unsaturated/α-hetero) is 1. The van der Waals surface area contributed by atoms with E-state index in [1.165, 1.54) is 30.5 Å². The van der Waals surface area contributed by atoms with Gasteiger partial charge in [0.05, 0.1) is 0 Å². The zero-order valence-corrected chi connectivity index (χ0v) is 23.4. The standard InChI is InChI=1S/C32H39NO5/c1-19(34)32(38-21(3)36)16-15-29-27-13-9-23-17-25(37-20(2)35)12-14-26(23)30(27)28(18-31(29,32)4)22-7-10-24(11-8-22)33(5)6/h7-8,10-12,14,17,27-30H,9,13,15-16,18H2,1-6H3/t27-,28+,29-,30?,31-,32-/m0/s1. The molecule has 2 saturated carbocycles. The van der Waals surface area contributed by atoms with Crippen LogP contribution < -0.4 is 9.64 Å². The Bertz CT molecular complexity index is 1270. The van der Waals surface area contributed by atoms with Crippen molar-refractivity contribution in [1.82, 2.24) is 0 Å². The molecule has 6 nitrogen and oxygen atoms in total. The highest BCUT2D eigenvalue weighted by Crippen LogP contribution is 2.68. The molecule has 0 aliphatic heterocycles. The average molecular weight is 518 g/mol. The molecular formula is C32H39NO5. The first-order chi connectivity index (χ1) is 18.0. The minimum atomic E-state index is -1.09. The Morgan fingerprint density at radius 1 is 0.947 bits per heavy atom. The van der Waals surface area contributed by atoms with E-state index in [0.717, 1.165) is 31.4 Å². The van der Waals surface area contributed by atoms with Crippen molar-refractivity contribution in [2.45, 2.75) is 77.2 Å².